The van der Waals surface area contributed by atoms with Crippen molar-refractivity contribution >= 4 is 5.91 Å². The molecule has 10 heteroatoms. The average Bonchev–Trinajstić information content (AvgIpc) is 3.45. The monoisotopic (exact) mass is 577 g/mol. The van der Waals surface area contributed by atoms with E-state index in [1.165, 1.54) is 5.56 Å². The molecular formula is C31H51N3O7. The highest BCUT2D eigenvalue weighted by Crippen LogP contribution is 2.24. The van der Waals surface area contributed by atoms with Crippen LogP contribution in [0.2, 0.25) is 0 Å². The number of nitrogens with one attached hydrogen (secondary N) is 1. The Bertz CT molecular complexity index is 957. The zero-order chi connectivity index (χ0) is 29.9. The molecule has 1 atom stereocenters. The topological polar surface area (TPSA) is 102 Å². The first kappa shape index (κ1) is 34.9. The van der Waals surface area contributed by atoms with E-state index in [0.717, 1.165) is 5.56 Å². The van der Waals surface area contributed by atoms with E-state index in [4.69, 9.17) is 28.4 Å². The van der Waals surface area contributed by atoms with Gasteiger partial charge in [0.05, 0.1) is 91.0 Å². The fourth-order valence-corrected chi connectivity index (χ4v) is 3.67. The van der Waals surface area contributed by atoms with Gasteiger partial charge < -0.3 is 33.7 Å². The Kier molecular flexibility index (Phi) is 16.8. The molecule has 1 amide bonds. The lowest BCUT2D eigenvalue weighted by Gasteiger charge is -2.16. The number of hydrogen-bond donors (Lipinski definition) is 1. The van der Waals surface area contributed by atoms with Gasteiger partial charge in [0, 0.05) is 18.3 Å². The van der Waals surface area contributed by atoms with Crippen LogP contribution in [0.3, 0.4) is 0 Å². The summed E-state index contributed by atoms with van der Waals surface area (Å²) in [7, 11) is 0. The second-order valence-electron chi connectivity index (χ2n) is 11.0. The predicted molar refractivity (Wildman–Crippen MR) is 159 cm³/mol. The van der Waals surface area contributed by atoms with Crippen LogP contribution >= 0.6 is 0 Å². The number of rotatable bonds is 22. The molecule has 0 aliphatic rings. The number of aromatic nitrogens is 2. The highest BCUT2D eigenvalue weighted by atomic mass is 16.6. The van der Waals surface area contributed by atoms with Crippen molar-refractivity contribution in [1.29, 1.82) is 0 Å². The molecule has 0 aliphatic carbocycles. The first-order chi connectivity index (χ1) is 19.7. The summed E-state index contributed by atoms with van der Waals surface area (Å²) in [6, 6.07) is 7.72. The summed E-state index contributed by atoms with van der Waals surface area (Å²) in [5.41, 5.74) is 2.96. The Labute approximate surface area is 246 Å². The van der Waals surface area contributed by atoms with Gasteiger partial charge in [0.15, 0.2) is 0 Å². The third-order valence-corrected chi connectivity index (χ3v) is 6.22. The van der Waals surface area contributed by atoms with E-state index in [-0.39, 0.29) is 23.5 Å². The quantitative estimate of drug-likeness (QED) is 0.209. The molecule has 0 fully saturated rings. The molecule has 0 saturated heterocycles. The lowest BCUT2D eigenvalue weighted by molar-refractivity contribution is -0.0211. The fourth-order valence-electron chi connectivity index (χ4n) is 3.67. The van der Waals surface area contributed by atoms with Crippen LogP contribution in [0.4, 0.5) is 0 Å². The van der Waals surface area contributed by atoms with Crippen LogP contribution in [0.1, 0.15) is 69.1 Å². The maximum absolute atomic E-state index is 12.5. The van der Waals surface area contributed by atoms with E-state index in [1.807, 2.05) is 49.0 Å². The van der Waals surface area contributed by atoms with Crippen LogP contribution in [-0.2, 0) is 33.8 Å². The van der Waals surface area contributed by atoms with Gasteiger partial charge in [-0.25, -0.2) is 0 Å². The average molecular weight is 578 g/mol. The van der Waals surface area contributed by atoms with E-state index in [9.17, 15) is 4.79 Å². The Morgan fingerprint density at radius 2 is 1.27 bits per heavy atom. The number of carbonyl (C=O) groups is 1. The van der Waals surface area contributed by atoms with Gasteiger partial charge in [0.1, 0.15) is 0 Å². The van der Waals surface area contributed by atoms with Gasteiger partial charge in [-0.15, -0.1) is 0 Å². The minimum absolute atomic E-state index is 0.0573. The highest BCUT2D eigenvalue weighted by Gasteiger charge is 2.18. The first-order valence-electron chi connectivity index (χ1n) is 14.6. The van der Waals surface area contributed by atoms with Gasteiger partial charge in [0.2, 0.25) is 0 Å². The molecule has 1 unspecified atom stereocenters. The summed E-state index contributed by atoms with van der Waals surface area (Å²) >= 11 is 0. The third kappa shape index (κ3) is 14.9. The van der Waals surface area contributed by atoms with Crippen LogP contribution in [0, 0.1) is 0 Å². The summed E-state index contributed by atoms with van der Waals surface area (Å²) in [4.78, 5) is 12.5. The number of carbonyl (C=O) groups excluding carboxylic acids is 1. The Balaban J connectivity index is 1.43. The summed E-state index contributed by atoms with van der Waals surface area (Å²) in [5, 5.41) is 7.42. The smallest absolute Gasteiger partial charge is 0.251 e. The van der Waals surface area contributed by atoms with Gasteiger partial charge in [-0.1, -0.05) is 32.9 Å². The number of hydrogen-bond acceptors (Lipinski definition) is 8. The van der Waals surface area contributed by atoms with Crippen molar-refractivity contribution in [3.63, 3.8) is 0 Å². The summed E-state index contributed by atoms with van der Waals surface area (Å²) in [6.07, 6.45) is 4.24. The molecular weight excluding hydrogens is 526 g/mol. The fraction of sp³-hybridized carbons (Fsp3) is 0.677. The molecule has 41 heavy (non-hydrogen) atoms. The Morgan fingerprint density at radius 3 is 1.73 bits per heavy atom. The predicted octanol–water partition coefficient (Wildman–Crippen LogP) is 4.03. The van der Waals surface area contributed by atoms with E-state index in [0.29, 0.717) is 84.8 Å². The van der Waals surface area contributed by atoms with Gasteiger partial charge >= 0.3 is 0 Å². The number of benzene rings is 1. The maximum Gasteiger partial charge on any atom is 0.251 e. The molecule has 0 radical (unpaired) electrons. The van der Waals surface area contributed by atoms with E-state index >= 15 is 0 Å². The van der Waals surface area contributed by atoms with Crippen molar-refractivity contribution in [3.8, 4) is 0 Å². The van der Waals surface area contributed by atoms with E-state index in [2.05, 4.69) is 44.3 Å². The molecule has 2 rings (SSSR count). The Morgan fingerprint density at radius 1 is 0.780 bits per heavy atom. The van der Waals surface area contributed by atoms with Gasteiger partial charge in [0.25, 0.3) is 5.91 Å². The largest absolute Gasteiger partial charge is 0.377 e. The second-order valence-corrected chi connectivity index (χ2v) is 11.0. The molecule has 0 bridgehead atoms. The van der Waals surface area contributed by atoms with Crippen LogP contribution in [0.5, 0.6) is 0 Å². The van der Waals surface area contributed by atoms with Crippen molar-refractivity contribution in [1.82, 2.24) is 15.1 Å². The normalized spacial score (nSPS) is 12.7. The second kappa shape index (κ2) is 19.7. The minimum Gasteiger partial charge on any atom is -0.377 e. The van der Waals surface area contributed by atoms with Gasteiger partial charge in [-0.3, -0.25) is 9.48 Å². The van der Waals surface area contributed by atoms with Crippen LogP contribution < -0.4 is 5.32 Å². The summed E-state index contributed by atoms with van der Waals surface area (Å²) in [5.74, 6) is -0.122. The van der Waals surface area contributed by atoms with E-state index < -0.39 is 0 Å². The summed E-state index contributed by atoms with van der Waals surface area (Å²) < 4.78 is 34.7. The molecule has 1 aromatic carbocycles. The molecule has 1 N–H and O–H groups in total. The molecule has 232 valence electrons. The van der Waals surface area contributed by atoms with Crippen molar-refractivity contribution in [2.45, 2.75) is 59.1 Å². The lowest BCUT2D eigenvalue weighted by Crippen LogP contribution is -2.27. The van der Waals surface area contributed by atoms with E-state index in [1.54, 1.807) is 0 Å². The molecule has 0 aliphatic heterocycles. The molecule has 2 aromatic rings. The first-order valence-corrected chi connectivity index (χ1v) is 14.6. The maximum atomic E-state index is 12.5. The Hall–Kier alpha value is -2.34. The number of amides is 1. The van der Waals surface area contributed by atoms with Crippen molar-refractivity contribution in [2.24, 2.45) is 0 Å². The minimum atomic E-state index is -0.122. The number of nitrogens with zero attached hydrogens (tertiary/aromatic N) is 2. The van der Waals surface area contributed by atoms with Crippen LogP contribution in [0.25, 0.3) is 0 Å². The standard InChI is InChI=1S/C31H51N3O7/c1-25(2)41-22-21-40-20-19-39-18-17-38-16-15-37-14-13-36-12-11-32-30(35)28-9-7-27(8-10-28)26(3)34-24-29(23-33-34)31(4,5)6/h7-10,23-26H,11-22H2,1-6H3,(H,32,35). The third-order valence-electron chi connectivity index (χ3n) is 6.22. The molecule has 10 nitrogen and oxygen atoms in total. The molecule has 1 aromatic heterocycles. The van der Waals surface area contributed by atoms with Gasteiger partial charge in [-0.2, -0.15) is 5.10 Å². The number of ether oxygens (including phenoxy) is 6. The van der Waals surface area contributed by atoms with Crippen LogP contribution in [0.15, 0.2) is 36.7 Å². The van der Waals surface area contributed by atoms with Crippen LogP contribution in [-0.4, -0.2) is 101 Å². The molecule has 1 heterocycles. The molecule has 0 spiro atoms. The van der Waals surface area contributed by atoms with Crippen molar-refractivity contribution in [2.75, 3.05) is 79.2 Å². The van der Waals surface area contributed by atoms with Crippen molar-refractivity contribution in [3.05, 3.63) is 53.3 Å². The summed E-state index contributed by atoms with van der Waals surface area (Å²) in [6.45, 7) is 18.7. The van der Waals surface area contributed by atoms with Crippen molar-refractivity contribution < 1.29 is 33.2 Å². The highest BCUT2D eigenvalue weighted by molar-refractivity contribution is 5.94. The zero-order valence-electron chi connectivity index (χ0n) is 25.9. The molecule has 0 saturated carbocycles. The lowest BCUT2D eigenvalue weighted by atomic mass is 9.90. The van der Waals surface area contributed by atoms with Gasteiger partial charge in [-0.05, 0) is 49.4 Å². The zero-order valence-corrected chi connectivity index (χ0v) is 25.9. The SMILES string of the molecule is CC(C)OCCOCCOCCOCCOCCOCCNC(=O)c1ccc(C(C)n2cc(C(C)(C)C)cn2)cc1.